The smallest absolute Gasteiger partial charge is 0.221 e. The third kappa shape index (κ3) is 3.25. The molecule has 5 nitrogen and oxygen atoms in total. The van der Waals surface area contributed by atoms with Gasteiger partial charge in [-0.25, -0.2) is 0 Å². The Morgan fingerprint density at radius 2 is 2.27 bits per heavy atom. The zero-order valence-corrected chi connectivity index (χ0v) is 12.3. The normalized spacial score (nSPS) is 10.6. The van der Waals surface area contributed by atoms with E-state index in [0.717, 1.165) is 34.3 Å². The number of aromatic amines is 1. The van der Waals surface area contributed by atoms with E-state index in [2.05, 4.69) is 27.4 Å². The predicted molar refractivity (Wildman–Crippen MR) is 86.0 cm³/mol. The van der Waals surface area contributed by atoms with Gasteiger partial charge in [0.15, 0.2) is 0 Å². The number of ether oxygens (including phenoxy) is 1. The van der Waals surface area contributed by atoms with E-state index in [4.69, 9.17) is 4.74 Å². The number of nitrogens with zero attached hydrogens (tertiary/aromatic N) is 1. The summed E-state index contributed by atoms with van der Waals surface area (Å²) in [5.74, 6) is 0.690. The van der Waals surface area contributed by atoms with E-state index in [0.29, 0.717) is 6.61 Å². The molecule has 0 aliphatic carbocycles. The van der Waals surface area contributed by atoms with Crippen LogP contribution in [-0.2, 0) is 11.2 Å². The number of aromatic nitrogens is 2. The fourth-order valence-electron chi connectivity index (χ4n) is 2.34. The number of amides is 1. The van der Waals surface area contributed by atoms with Gasteiger partial charge in [0.05, 0.1) is 18.5 Å². The Labute approximate surface area is 128 Å². The number of pyridine rings is 1. The fourth-order valence-corrected chi connectivity index (χ4v) is 2.34. The average Bonchev–Trinajstić information content (AvgIpc) is 2.90. The molecule has 2 heterocycles. The summed E-state index contributed by atoms with van der Waals surface area (Å²) >= 11 is 0. The Hall–Kier alpha value is -2.82. The Balaban J connectivity index is 1.70. The van der Waals surface area contributed by atoms with Gasteiger partial charge in [-0.05, 0) is 29.8 Å². The van der Waals surface area contributed by atoms with Gasteiger partial charge in [0.2, 0.25) is 5.91 Å². The minimum atomic E-state index is -0.0776. The van der Waals surface area contributed by atoms with Crippen molar-refractivity contribution in [1.29, 1.82) is 0 Å². The Morgan fingerprint density at radius 1 is 1.36 bits per heavy atom. The van der Waals surface area contributed by atoms with Gasteiger partial charge in [-0.1, -0.05) is 6.07 Å². The van der Waals surface area contributed by atoms with Crippen molar-refractivity contribution in [3.8, 4) is 5.75 Å². The molecular weight excluding hydrogens is 278 g/mol. The van der Waals surface area contributed by atoms with Crippen molar-refractivity contribution in [3.63, 3.8) is 0 Å². The molecule has 3 rings (SSSR count). The van der Waals surface area contributed by atoms with Gasteiger partial charge in [0, 0.05) is 36.6 Å². The number of H-pyrrole nitrogens is 1. The van der Waals surface area contributed by atoms with Crippen molar-refractivity contribution in [2.24, 2.45) is 0 Å². The number of carbonyl (C=O) groups excluding carboxylic acids is 1. The number of benzene rings is 1. The molecule has 0 spiro atoms. The van der Waals surface area contributed by atoms with E-state index in [1.54, 1.807) is 12.4 Å². The Bertz CT molecular complexity index is 781. The van der Waals surface area contributed by atoms with Crippen molar-refractivity contribution >= 4 is 22.5 Å². The zero-order chi connectivity index (χ0) is 15.4. The molecule has 1 aromatic carbocycles. The molecule has 0 radical (unpaired) electrons. The highest BCUT2D eigenvalue weighted by Gasteiger charge is 2.06. The highest BCUT2D eigenvalue weighted by Crippen LogP contribution is 2.24. The largest absolute Gasteiger partial charge is 0.492 e. The summed E-state index contributed by atoms with van der Waals surface area (Å²) in [5.41, 5.74) is 2.96. The predicted octanol–water partition coefficient (Wildman–Crippen LogP) is 3.14. The van der Waals surface area contributed by atoms with Gasteiger partial charge in [0.25, 0.3) is 0 Å². The second-order valence-electron chi connectivity index (χ2n) is 5.05. The van der Waals surface area contributed by atoms with E-state index >= 15 is 0 Å². The molecule has 5 heteroatoms. The van der Waals surface area contributed by atoms with Crippen LogP contribution in [0.25, 0.3) is 10.9 Å². The molecular formula is C17H17N3O2. The number of carbonyl (C=O) groups is 1. The summed E-state index contributed by atoms with van der Waals surface area (Å²) in [6.45, 7) is 2.08. The van der Waals surface area contributed by atoms with Crippen molar-refractivity contribution in [3.05, 3.63) is 54.5 Å². The monoisotopic (exact) mass is 295 g/mol. The van der Waals surface area contributed by atoms with Crippen LogP contribution in [0.15, 0.2) is 48.9 Å². The topological polar surface area (TPSA) is 67.0 Å². The summed E-state index contributed by atoms with van der Waals surface area (Å²) in [7, 11) is 0. The van der Waals surface area contributed by atoms with Crippen molar-refractivity contribution in [2.75, 3.05) is 11.9 Å². The molecule has 3 aromatic rings. The van der Waals surface area contributed by atoms with Gasteiger partial charge in [-0.3, -0.25) is 9.78 Å². The second kappa shape index (κ2) is 6.30. The molecule has 0 fully saturated rings. The number of nitrogens with one attached hydrogen (secondary N) is 2. The van der Waals surface area contributed by atoms with Crippen LogP contribution in [0.2, 0.25) is 0 Å². The lowest BCUT2D eigenvalue weighted by molar-refractivity contribution is -0.114. The Morgan fingerprint density at radius 3 is 3.05 bits per heavy atom. The van der Waals surface area contributed by atoms with Gasteiger partial charge < -0.3 is 15.0 Å². The second-order valence-corrected chi connectivity index (χ2v) is 5.05. The van der Waals surface area contributed by atoms with E-state index in [1.807, 2.05) is 24.4 Å². The van der Waals surface area contributed by atoms with Crippen LogP contribution >= 0.6 is 0 Å². The third-order valence-corrected chi connectivity index (χ3v) is 3.35. The maximum Gasteiger partial charge on any atom is 0.221 e. The summed E-state index contributed by atoms with van der Waals surface area (Å²) in [6, 6.07) is 9.88. The standard InChI is InChI=1S/C17H17N3O2/c1-12(21)20-17-11-19-16-5-4-13(9-15(16)17)6-8-22-14-3-2-7-18-10-14/h2-5,7,9-11,19H,6,8H2,1H3,(H,20,21). The number of anilines is 1. The molecule has 0 saturated heterocycles. The lowest BCUT2D eigenvalue weighted by Crippen LogP contribution is -2.05. The molecule has 0 saturated carbocycles. The Kier molecular flexibility index (Phi) is 4.05. The molecule has 0 aliphatic heterocycles. The van der Waals surface area contributed by atoms with Crippen LogP contribution in [0.5, 0.6) is 5.75 Å². The average molecular weight is 295 g/mol. The minimum Gasteiger partial charge on any atom is -0.492 e. The maximum absolute atomic E-state index is 11.2. The van der Waals surface area contributed by atoms with Crippen LogP contribution in [0.3, 0.4) is 0 Å². The molecule has 2 N–H and O–H groups in total. The van der Waals surface area contributed by atoms with E-state index < -0.39 is 0 Å². The SMILES string of the molecule is CC(=O)Nc1c[nH]c2ccc(CCOc3cccnc3)cc12. The first kappa shape index (κ1) is 14.1. The van der Waals surface area contributed by atoms with Crippen LogP contribution in [0.4, 0.5) is 5.69 Å². The molecule has 2 aromatic heterocycles. The summed E-state index contributed by atoms with van der Waals surface area (Å²) in [6.07, 6.45) is 6.01. The quantitative estimate of drug-likeness (QED) is 0.760. The lowest BCUT2D eigenvalue weighted by atomic mass is 10.1. The van der Waals surface area contributed by atoms with Gasteiger partial charge in [-0.15, -0.1) is 0 Å². The number of fused-ring (bicyclic) bond motifs is 1. The fraction of sp³-hybridized carbons (Fsp3) is 0.176. The maximum atomic E-state index is 11.2. The first-order valence-corrected chi connectivity index (χ1v) is 7.13. The van der Waals surface area contributed by atoms with E-state index in [9.17, 15) is 4.79 Å². The highest BCUT2D eigenvalue weighted by atomic mass is 16.5. The molecule has 0 bridgehead atoms. The minimum absolute atomic E-state index is 0.0776. The molecule has 0 aliphatic rings. The van der Waals surface area contributed by atoms with Crippen molar-refractivity contribution in [1.82, 2.24) is 9.97 Å². The van der Waals surface area contributed by atoms with Crippen LogP contribution in [-0.4, -0.2) is 22.5 Å². The number of rotatable bonds is 5. The molecule has 22 heavy (non-hydrogen) atoms. The van der Waals surface area contributed by atoms with Gasteiger partial charge in [-0.2, -0.15) is 0 Å². The van der Waals surface area contributed by atoms with Gasteiger partial charge in [0.1, 0.15) is 5.75 Å². The van der Waals surface area contributed by atoms with E-state index in [1.165, 1.54) is 6.92 Å². The van der Waals surface area contributed by atoms with Crippen LogP contribution < -0.4 is 10.1 Å². The highest BCUT2D eigenvalue weighted by molar-refractivity contribution is 6.01. The first-order chi connectivity index (χ1) is 10.7. The number of hydrogen-bond donors (Lipinski definition) is 2. The third-order valence-electron chi connectivity index (χ3n) is 3.35. The summed E-state index contributed by atoms with van der Waals surface area (Å²) in [4.78, 5) is 18.4. The molecule has 112 valence electrons. The zero-order valence-electron chi connectivity index (χ0n) is 12.3. The molecule has 0 unspecified atom stereocenters. The van der Waals surface area contributed by atoms with Crippen molar-refractivity contribution < 1.29 is 9.53 Å². The number of hydrogen-bond acceptors (Lipinski definition) is 3. The first-order valence-electron chi connectivity index (χ1n) is 7.13. The summed E-state index contributed by atoms with van der Waals surface area (Å²) < 4.78 is 5.66. The summed E-state index contributed by atoms with van der Waals surface area (Å²) in [5, 5.41) is 3.84. The van der Waals surface area contributed by atoms with Crippen LogP contribution in [0, 0.1) is 0 Å². The van der Waals surface area contributed by atoms with Crippen LogP contribution in [0.1, 0.15) is 12.5 Å². The van der Waals surface area contributed by atoms with Crippen molar-refractivity contribution in [2.45, 2.75) is 13.3 Å². The van der Waals surface area contributed by atoms with E-state index in [-0.39, 0.29) is 5.91 Å². The molecule has 0 atom stereocenters. The lowest BCUT2D eigenvalue weighted by Gasteiger charge is -2.06. The van der Waals surface area contributed by atoms with Gasteiger partial charge >= 0.3 is 0 Å². The molecule has 1 amide bonds.